The van der Waals surface area contributed by atoms with Gasteiger partial charge in [-0.15, -0.1) is 0 Å². The molecule has 0 bridgehead atoms. The fraction of sp³-hybridized carbons (Fsp3) is 0.286. The summed E-state index contributed by atoms with van der Waals surface area (Å²) in [5.41, 5.74) is 6.62. The predicted molar refractivity (Wildman–Crippen MR) is 120 cm³/mol. The van der Waals surface area contributed by atoms with Gasteiger partial charge < -0.3 is 21.3 Å². The van der Waals surface area contributed by atoms with Crippen molar-refractivity contribution in [3.8, 4) is 0 Å². The molecular weight excluding hydrogens is 433 g/mol. The topological polar surface area (TPSA) is 126 Å². The van der Waals surface area contributed by atoms with Crippen molar-refractivity contribution in [2.45, 2.75) is 25.8 Å². The van der Waals surface area contributed by atoms with Gasteiger partial charge in [0.2, 0.25) is 0 Å². The summed E-state index contributed by atoms with van der Waals surface area (Å²) in [6, 6.07) is 7.29. The molecule has 166 valence electrons. The van der Waals surface area contributed by atoms with E-state index in [0.29, 0.717) is 12.4 Å². The maximum absolute atomic E-state index is 13.4. The highest BCUT2D eigenvalue weighted by atomic mass is 32.1. The zero-order valence-electron chi connectivity index (χ0n) is 17.3. The summed E-state index contributed by atoms with van der Waals surface area (Å²) in [5.74, 6) is -0.655. The van der Waals surface area contributed by atoms with E-state index in [-0.39, 0.29) is 29.0 Å². The molecule has 11 heteroatoms. The molecule has 4 rings (SSSR count). The van der Waals surface area contributed by atoms with E-state index in [0.717, 1.165) is 30.1 Å². The number of carbonyl (C=O) groups is 2. The Hall–Kier alpha value is -3.60. The summed E-state index contributed by atoms with van der Waals surface area (Å²) in [5, 5.41) is 6.75. The van der Waals surface area contributed by atoms with Crippen LogP contribution in [0, 0.1) is 12.7 Å². The number of aromatic nitrogens is 3. The molecule has 1 saturated heterocycles. The van der Waals surface area contributed by atoms with Gasteiger partial charge in [-0.05, 0) is 55.6 Å². The number of rotatable bonds is 6. The van der Waals surface area contributed by atoms with Gasteiger partial charge in [0.25, 0.3) is 11.8 Å². The standard InChI is InChI=1S/C21H22FN7O2S/c1-12-8-17(32-28-12)27-20-18(19(23)30)24-10-16(26-20)29-7-3-6-15(11-29)25-21(31)13-4-2-5-14(22)9-13/h2,4-5,8-10,15H,3,6-7,11H2,1H3,(H2,23,30)(H,25,31)(H,26,27)/t15-/m1/s1. The first-order valence-corrected chi connectivity index (χ1v) is 10.8. The van der Waals surface area contributed by atoms with Gasteiger partial charge in [0.1, 0.15) is 16.6 Å². The van der Waals surface area contributed by atoms with Crippen molar-refractivity contribution in [1.29, 1.82) is 0 Å². The highest BCUT2D eigenvalue weighted by molar-refractivity contribution is 7.10. The lowest BCUT2D eigenvalue weighted by atomic mass is 10.0. The van der Waals surface area contributed by atoms with Crippen molar-refractivity contribution >= 4 is 40.0 Å². The minimum Gasteiger partial charge on any atom is -0.364 e. The number of piperidine rings is 1. The summed E-state index contributed by atoms with van der Waals surface area (Å²) >= 11 is 1.24. The van der Waals surface area contributed by atoms with E-state index in [4.69, 9.17) is 5.73 Å². The number of nitrogens with zero attached hydrogens (tertiary/aromatic N) is 4. The predicted octanol–water partition coefficient (Wildman–Crippen LogP) is 2.62. The van der Waals surface area contributed by atoms with Gasteiger partial charge in [0.05, 0.1) is 11.9 Å². The zero-order chi connectivity index (χ0) is 22.7. The van der Waals surface area contributed by atoms with Crippen molar-refractivity contribution in [2.24, 2.45) is 5.73 Å². The van der Waals surface area contributed by atoms with Gasteiger partial charge in [0, 0.05) is 24.7 Å². The summed E-state index contributed by atoms with van der Waals surface area (Å²) < 4.78 is 17.6. The monoisotopic (exact) mass is 455 g/mol. The Morgan fingerprint density at radius 3 is 2.88 bits per heavy atom. The number of benzene rings is 1. The Kier molecular flexibility index (Phi) is 6.26. The molecule has 9 nitrogen and oxygen atoms in total. The average molecular weight is 456 g/mol. The van der Waals surface area contributed by atoms with Crippen molar-refractivity contribution in [3.63, 3.8) is 0 Å². The number of amides is 2. The second-order valence-corrected chi connectivity index (χ2v) is 8.32. The molecule has 1 aliphatic heterocycles. The van der Waals surface area contributed by atoms with E-state index in [9.17, 15) is 14.0 Å². The molecule has 0 unspecified atom stereocenters. The van der Waals surface area contributed by atoms with Crippen LogP contribution < -0.4 is 21.3 Å². The highest BCUT2D eigenvalue weighted by Gasteiger charge is 2.24. The molecule has 2 amide bonds. The SMILES string of the molecule is Cc1cc(Nc2nc(N3CCC[C@@H](NC(=O)c4cccc(F)c4)C3)cnc2C(N)=O)sn1. The molecule has 1 aromatic carbocycles. The number of hydrogen-bond acceptors (Lipinski definition) is 8. The third kappa shape index (κ3) is 4.99. The van der Waals surface area contributed by atoms with Crippen LogP contribution in [0.25, 0.3) is 0 Å². The number of carbonyl (C=O) groups excluding carboxylic acids is 2. The fourth-order valence-electron chi connectivity index (χ4n) is 3.54. The third-order valence-corrected chi connectivity index (χ3v) is 5.83. The first-order chi connectivity index (χ1) is 15.4. The number of hydrogen-bond donors (Lipinski definition) is 3. The van der Waals surface area contributed by atoms with Crippen LogP contribution in [0.5, 0.6) is 0 Å². The fourth-order valence-corrected chi connectivity index (χ4v) is 4.20. The minimum absolute atomic E-state index is 0.0350. The van der Waals surface area contributed by atoms with Gasteiger partial charge >= 0.3 is 0 Å². The molecule has 3 aromatic rings. The van der Waals surface area contributed by atoms with E-state index in [2.05, 4.69) is 25.0 Å². The largest absolute Gasteiger partial charge is 0.364 e. The number of anilines is 3. The van der Waals surface area contributed by atoms with E-state index in [1.807, 2.05) is 17.9 Å². The maximum atomic E-state index is 13.4. The molecule has 0 saturated carbocycles. The number of primary amides is 1. The van der Waals surface area contributed by atoms with E-state index < -0.39 is 11.7 Å². The molecule has 2 aromatic heterocycles. The minimum atomic E-state index is -0.688. The number of aryl methyl sites for hydroxylation is 1. The molecule has 0 radical (unpaired) electrons. The maximum Gasteiger partial charge on any atom is 0.271 e. The molecule has 0 aliphatic carbocycles. The average Bonchev–Trinajstić information content (AvgIpc) is 3.18. The van der Waals surface area contributed by atoms with E-state index >= 15 is 0 Å². The molecule has 4 N–H and O–H groups in total. The van der Waals surface area contributed by atoms with Crippen LogP contribution in [0.3, 0.4) is 0 Å². The molecule has 3 heterocycles. The molecule has 0 spiro atoms. The van der Waals surface area contributed by atoms with Crippen LogP contribution in [-0.4, -0.2) is 45.3 Å². The molecule has 1 aliphatic rings. The summed E-state index contributed by atoms with van der Waals surface area (Å²) in [6.07, 6.45) is 3.11. The summed E-state index contributed by atoms with van der Waals surface area (Å²) in [6.45, 7) is 3.09. The highest BCUT2D eigenvalue weighted by Crippen LogP contribution is 2.25. The second kappa shape index (κ2) is 9.27. The van der Waals surface area contributed by atoms with Crippen molar-refractivity contribution in [2.75, 3.05) is 23.3 Å². The molecule has 1 fully saturated rings. The first kappa shape index (κ1) is 21.6. The Balaban J connectivity index is 1.50. The molecular formula is C21H22FN7O2S. The van der Waals surface area contributed by atoms with Crippen LogP contribution in [0.2, 0.25) is 0 Å². The quantitative estimate of drug-likeness (QED) is 0.522. The Bertz CT molecular complexity index is 1150. The normalized spacial score (nSPS) is 15.9. The van der Waals surface area contributed by atoms with Gasteiger partial charge in [-0.1, -0.05) is 6.07 Å². The van der Waals surface area contributed by atoms with Gasteiger partial charge in [0.15, 0.2) is 11.5 Å². The van der Waals surface area contributed by atoms with Crippen LogP contribution >= 0.6 is 11.5 Å². The smallest absolute Gasteiger partial charge is 0.271 e. The van der Waals surface area contributed by atoms with Crippen molar-refractivity contribution in [3.05, 3.63) is 59.3 Å². The van der Waals surface area contributed by atoms with E-state index in [1.165, 1.54) is 35.9 Å². The van der Waals surface area contributed by atoms with Gasteiger partial charge in [-0.3, -0.25) is 9.59 Å². The van der Waals surface area contributed by atoms with Crippen LogP contribution in [-0.2, 0) is 0 Å². The molecule has 1 atom stereocenters. The lowest BCUT2D eigenvalue weighted by molar-refractivity contribution is 0.0931. The van der Waals surface area contributed by atoms with Crippen molar-refractivity contribution < 1.29 is 14.0 Å². The second-order valence-electron chi connectivity index (χ2n) is 7.52. The van der Waals surface area contributed by atoms with Gasteiger partial charge in [-0.25, -0.2) is 14.4 Å². The molecule has 32 heavy (non-hydrogen) atoms. The number of nitrogens with one attached hydrogen (secondary N) is 2. The first-order valence-electron chi connectivity index (χ1n) is 10.1. The number of nitrogens with two attached hydrogens (primary N) is 1. The summed E-state index contributed by atoms with van der Waals surface area (Å²) in [7, 11) is 0. The Morgan fingerprint density at radius 1 is 1.31 bits per heavy atom. The van der Waals surface area contributed by atoms with Gasteiger partial charge in [-0.2, -0.15) is 4.37 Å². The number of halogens is 1. The lowest BCUT2D eigenvalue weighted by Crippen LogP contribution is -2.48. The van der Waals surface area contributed by atoms with Crippen molar-refractivity contribution in [1.82, 2.24) is 19.7 Å². The zero-order valence-corrected chi connectivity index (χ0v) is 18.2. The Morgan fingerprint density at radius 2 is 2.16 bits per heavy atom. The summed E-state index contributed by atoms with van der Waals surface area (Å²) in [4.78, 5) is 35.1. The lowest BCUT2D eigenvalue weighted by Gasteiger charge is -2.34. The third-order valence-electron chi connectivity index (χ3n) is 5.03. The van der Waals surface area contributed by atoms with Crippen LogP contribution in [0.4, 0.5) is 21.0 Å². The Labute approximate surface area is 188 Å². The van der Waals surface area contributed by atoms with E-state index in [1.54, 1.807) is 6.07 Å². The van der Waals surface area contributed by atoms with Crippen LogP contribution in [0.1, 0.15) is 39.4 Å². The van der Waals surface area contributed by atoms with Crippen LogP contribution in [0.15, 0.2) is 36.5 Å².